The van der Waals surface area contributed by atoms with Crippen LogP contribution >= 0.6 is 0 Å². The fraction of sp³-hybridized carbons (Fsp3) is 1.00. The van der Waals surface area contributed by atoms with E-state index in [4.69, 9.17) is 0 Å². The molecule has 0 aliphatic rings. The third-order valence-electron chi connectivity index (χ3n) is 3.48. The van der Waals surface area contributed by atoms with E-state index >= 15 is 0 Å². The molecule has 0 fully saturated rings. The summed E-state index contributed by atoms with van der Waals surface area (Å²) in [5.41, 5.74) is 0. The minimum absolute atomic E-state index is 0.592. The highest BCUT2D eigenvalue weighted by atomic mass is 15.2. The lowest BCUT2D eigenvalue weighted by Crippen LogP contribution is -2.46. The number of hydrogen-bond acceptors (Lipinski definition) is 2. The van der Waals surface area contributed by atoms with Crippen LogP contribution < -0.4 is 5.32 Å². The predicted octanol–water partition coefficient (Wildman–Crippen LogP) is 3.27. The first-order valence-electron chi connectivity index (χ1n) is 7.01. The molecule has 0 heterocycles. The standard InChI is InChI=1S/C14H32N2/c1-7-10-14(11-15-12(4)5)16(6)13(8-2)9-3/h12-15H,7-11H2,1-6H3. The number of rotatable bonds is 9. The minimum Gasteiger partial charge on any atom is -0.313 e. The molecule has 0 aliphatic carbocycles. The van der Waals surface area contributed by atoms with Gasteiger partial charge >= 0.3 is 0 Å². The average Bonchev–Trinajstić information content (AvgIpc) is 2.25. The molecule has 0 saturated heterocycles. The molecule has 16 heavy (non-hydrogen) atoms. The second kappa shape index (κ2) is 9.00. The van der Waals surface area contributed by atoms with E-state index in [2.05, 4.69) is 51.9 Å². The van der Waals surface area contributed by atoms with Gasteiger partial charge in [0.15, 0.2) is 0 Å². The summed E-state index contributed by atoms with van der Waals surface area (Å²) in [5.74, 6) is 0. The summed E-state index contributed by atoms with van der Waals surface area (Å²) < 4.78 is 0. The zero-order valence-electron chi connectivity index (χ0n) is 12.2. The van der Waals surface area contributed by atoms with Crippen LogP contribution in [0.25, 0.3) is 0 Å². The maximum atomic E-state index is 3.57. The molecule has 0 saturated carbocycles. The van der Waals surface area contributed by atoms with Crippen LogP contribution in [0.2, 0.25) is 0 Å². The molecule has 0 spiro atoms. The normalized spacial score (nSPS) is 14.1. The molecule has 0 rings (SSSR count). The highest BCUT2D eigenvalue weighted by Crippen LogP contribution is 2.13. The highest BCUT2D eigenvalue weighted by Gasteiger charge is 2.19. The van der Waals surface area contributed by atoms with Crippen LogP contribution in [-0.2, 0) is 0 Å². The lowest BCUT2D eigenvalue weighted by molar-refractivity contribution is 0.150. The van der Waals surface area contributed by atoms with Crippen molar-refractivity contribution in [3.05, 3.63) is 0 Å². The first kappa shape index (κ1) is 15.9. The third-order valence-corrected chi connectivity index (χ3v) is 3.48. The summed E-state index contributed by atoms with van der Waals surface area (Å²) in [6, 6.07) is 2.03. The van der Waals surface area contributed by atoms with Crippen molar-refractivity contribution in [3.8, 4) is 0 Å². The van der Waals surface area contributed by atoms with E-state index in [-0.39, 0.29) is 0 Å². The second-order valence-electron chi connectivity index (χ2n) is 5.14. The van der Waals surface area contributed by atoms with Crippen LogP contribution in [0, 0.1) is 0 Å². The Bertz CT molecular complexity index is 153. The predicted molar refractivity (Wildman–Crippen MR) is 74.0 cm³/mol. The smallest absolute Gasteiger partial charge is 0.0220 e. The molecule has 1 atom stereocenters. The Morgan fingerprint density at radius 3 is 1.94 bits per heavy atom. The fourth-order valence-corrected chi connectivity index (χ4v) is 2.32. The average molecular weight is 228 g/mol. The minimum atomic E-state index is 0.592. The van der Waals surface area contributed by atoms with Gasteiger partial charge in [-0.05, 0) is 26.3 Å². The van der Waals surface area contributed by atoms with Crippen LogP contribution in [0.3, 0.4) is 0 Å². The number of nitrogens with zero attached hydrogens (tertiary/aromatic N) is 1. The Kier molecular flexibility index (Phi) is 8.96. The molecule has 1 unspecified atom stereocenters. The van der Waals surface area contributed by atoms with Gasteiger partial charge in [0.05, 0.1) is 0 Å². The van der Waals surface area contributed by atoms with Crippen LogP contribution in [-0.4, -0.2) is 36.6 Å². The topological polar surface area (TPSA) is 15.3 Å². The number of hydrogen-bond donors (Lipinski definition) is 1. The third kappa shape index (κ3) is 5.86. The maximum absolute atomic E-state index is 3.57. The molecular formula is C14H32N2. The fourth-order valence-electron chi connectivity index (χ4n) is 2.32. The molecule has 0 aromatic carbocycles. The molecule has 2 heteroatoms. The van der Waals surface area contributed by atoms with Crippen LogP contribution in [0.4, 0.5) is 0 Å². The molecule has 0 aromatic heterocycles. The summed E-state index contributed by atoms with van der Waals surface area (Å²) in [7, 11) is 2.29. The van der Waals surface area contributed by atoms with E-state index in [1.165, 1.54) is 25.7 Å². The largest absolute Gasteiger partial charge is 0.313 e. The van der Waals surface area contributed by atoms with Crippen LogP contribution in [0.15, 0.2) is 0 Å². The second-order valence-corrected chi connectivity index (χ2v) is 5.14. The van der Waals surface area contributed by atoms with Gasteiger partial charge in [0, 0.05) is 24.7 Å². The molecule has 0 amide bonds. The molecule has 0 radical (unpaired) electrons. The van der Waals surface area contributed by atoms with Gasteiger partial charge in [0.2, 0.25) is 0 Å². The molecule has 0 bridgehead atoms. The maximum Gasteiger partial charge on any atom is 0.0220 e. The zero-order valence-corrected chi connectivity index (χ0v) is 12.2. The van der Waals surface area contributed by atoms with Gasteiger partial charge in [-0.15, -0.1) is 0 Å². The molecule has 0 aromatic rings. The van der Waals surface area contributed by atoms with Gasteiger partial charge in [-0.25, -0.2) is 0 Å². The van der Waals surface area contributed by atoms with E-state index in [9.17, 15) is 0 Å². The summed E-state index contributed by atoms with van der Waals surface area (Å²) in [5, 5.41) is 3.57. The highest BCUT2D eigenvalue weighted by molar-refractivity contribution is 4.77. The summed E-state index contributed by atoms with van der Waals surface area (Å²) in [4.78, 5) is 2.58. The Balaban J connectivity index is 4.25. The van der Waals surface area contributed by atoms with E-state index in [1.807, 2.05) is 0 Å². The molecule has 2 nitrogen and oxygen atoms in total. The van der Waals surface area contributed by atoms with E-state index in [0.717, 1.165) is 12.6 Å². The lowest BCUT2D eigenvalue weighted by Gasteiger charge is -2.35. The van der Waals surface area contributed by atoms with E-state index < -0.39 is 0 Å². The van der Waals surface area contributed by atoms with Crippen molar-refractivity contribution in [1.29, 1.82) is 0 Å². The monoisotopic (exact) mass is 228 g/mol. The van der Waals surface area contributed by atoms with E-state index in [1.54, 1.807) is 0 Å². The van der Waals surface area contributed by atoms with Gasteiger partial charge in [-0.1, -0.05) is 41.0 Å². The first-order chi connectivity index (χ1) is 7.56. The van der Waals surface area contributed by atoms with Crippen LogP contribution in [0.5, 0.6) is 0 Å². The van der Waals surface area contributed by atoms with Crippen molar-refractivity contribution in [2.45, 2.75) is 78.4 Å². The van der Waals surface area contributed by atoms with Gasteiger partial charge in [0.25, 0.3) is 0 Å². The molecule has 0 aliphatic heterocycles. The number of likely N-dealkylation sites (N-methyl/N-ethyl adjacent to an activating group) is 1. The van der Waals surface area contributed by atoms with Crippen molar-refractivity contribution in [1.82, 2.24) is 10.2 Å². The Morgan fingerprint density at radius 2 is 1.56 bits per heavy atom. The van der Waals surface area contributed by atoms with Crippen molar-refractivity contribution >= 4 is 0 Å². The quantitative estimate of drug-likeness (QED) is 0.651. The SMILES string of the molecule is CCCC(CNC(C)C)N(C)C(CC)CC. The van der Waals surface area contributed by atoms with Crippen molar-refractivity contribution in [2.24, 2.45) is 0 Å². The van der Waals surface area contributed by atoms with Crippen molar-refractivity contribution in [2.75, 3.05) is 13.6 Å². The van der Waals surface area contributed by atoms with Gasteiger partial charge in [0.1, 0.15) is 0 Å². The van der Waals surface area contributed by atoms with Crippen LogP contribution in [0.1, 0.15) is 60.3 Å². The van der Waals surface area contributed by atoms with Gasteiger partial charge in [-0.3, -0.25) is 4.90 Å². The molecule has 1 N–H and O–H groups in total. The Hall–Kier alpha value is -0.0800. The zero-order chi connectivity index (χ0) is 12.6. The first-order valence-corrected chi connectivity index (χ1v) is 7.01. The van der Waals surface area contributed by atoms with Gasteiger partial charge in [-0.2, -0.15) is 0 Å². The molecular weight excluding hydrogens is 196 g/mol. The molecule has 98 valence electrons. The van der Waals surface area contributed by atoms with Crippen molar-refractivity contribution in [3.63, 3.8) is 0 Å². The van der Waals surface area contributed by atoms with Crippen molar-refractivity contribution < 1.29 is 0 Å². The summed E-state index contributed by atoms with van der Waals surface area (Å²) >= 11 is 0. The van der Waals surface area contributed by atoms with Gasteiger partial charge < -0.3 is 5.32 Å². The summed E-state index contributed by atoms with van der Waals surface area (Å²) in [6.07, 6.45) is 5.09. The van der Waals surface area contributed by atoms with E-state index in [0.29, 0.717) is 12.1 Å². The summed E-state index contributed by atoms with van der Waals surface area (Å²) in [6.45, 7) is 12.4. The Morgan fingerprint density at radius 1 is 1.00 bits per heavy atom. The Labute approximate surface area is 103 Å². The lowest BCUT2D eigenvalue weighted by atomic mass is 10.0. The number of nitrogens with one attached hydrogen (secondary N) is 1.